The maximum Gasteiger partial charge on any atom is 0.128 e. The van der Waals surface area contributed by atoms with E-state index in [1.807, 2.05) is 17.8 Å². The largest absolute Gasteiger partial charge is 0.327 e. The summed E-state index contributed by atoms with van der Waals surface area (Å²) >= 11 is 7.95. The van der Waals surface area contributed by atoms with Crippen LogP contribution in [0, 0.1) is 12.7 Å². The maximum absolute atomic E-state index is 13.8. The summed E-state index contributed by atoms with van der Waals surface area (Å²) in [5.74, 6) is 2.54. The van der Waals surface area contributed by atoms with Gasteiger partial charge in [0.15, 0.2) is 0 Å². The number of hydrogen-bond acceptors (Lipinski definition) is 2. The van der Waals surface area contributed by atoms with Gasteiger partial charge in [0.25, 0.3) is 0 Å². The van der Waals surface area contributed by atoms with Crippen LogP contribution in [0.3, 0.4) is 0 Å². The standard InChI is InChI=1S/C16H20ClFN2S/c1-11-8-14-13(9-12(11)18)19-15(4-6-17)20(14)10-16(2)5-3-7-21-16/h8-9H,3-7,10H2,1-2H3. The molecule has 2 heterocycles. The van der Waals surface area contributed by atoms with Gasteiger partial charge in [0.2, 0.25) is 0 Å². The Morgan fingerprint density at radius 2 is 2.29 bits per heavy atom. The number of nitrogens with zero attached hydrogens (tertiary/aromatic N) is 2. The second kappa shape index (κ2) is 5.81. The summed E-state index contributed by atoms with van der Waals surface area (Å²) in [5.41, 5.74) is 2.44. The summed E-state index contributed by atoms with van der Waals surface area (Å²) in [6, 6.07) is 3.46. The molecule has 0 saturated carbocycles. The topological polar surface area (TPSA) is 17.8 Å². The molecule has 0 aliphatic carbocycles. The molecule has 0 radical (unpaired) electrons. The fraction of sp³-hybridized carbons (Fsp3) is 0.562. The van der Waals surface area contributed by atoms with E-state index in [2.05, 4.69) is 16.5 Å². The second-order valence-electron chi connectivity index (χ2n) is 6.05. The van der Waals surface area contributed by atoms with Gasteiger partial charge in [-0.1, -0.05) is 0 Å². The molecule has 1 fully saturated rings. The quantitative estimate of drug-likeness (QED) is 0.767. The number of rotatable bonds is 4. The van der Waals surface area contributed by atoms with Gasteiger partial charge in [0.05, 0.1) is 11.0 Å². The van der Waals surface area contributed by atoms with E-state index in [0.29, 0.717) is 11.4 Å². The highest BCUT2D eigenvalue weighted by atomic mass is 35.5. The second-order valence-corrected chi connectivity index (χ2v) is 8.11. The zero-order valence-corrected chi connectivity index (χ0v) is 14.0. The number of thioether (sulfide) groups is 1. The van der Waals surface area contributed by atoms with Gasteiger partial charge in [-0.3, -0.25) is 0 Å². The van der Waals surface area contributed by atoms with E-state index < -0.39 is 0 Å². The number of alkyl halides is 1. The van der Waals surface area contributed by atoms with Crippen LogP contribution in [0.2, 0.25) is 0 Å². The first-order valence-electron chi connectivity index (χ1n) is 7.38. The summed E-state index contributed by atoms with van der Waals surface area (Å²) in [6.07, 6.45) is 3.21. The number of imidazole rings is 1. The molecular weight excluding hydrogens is 307 g/mol. The minimum Gasteiger partial charge on any atom is -0.327 e. The van der Waals surface area contributed by atoms with E-state index in [4.69, 9.17) is 11.6 Å². The summed E-state index contributed by atoms with van der Waals surface area (Å²) in [5, 5.41) is 0. The van der Waals surface area contributed by atoms with Crippen LogP contribution >= 0.6 is 23.4 Å². The number of benzene rings is 1. The Bertz CT molecular complexity index is 662. The Hall–Kier alpha value is -0.740. The van der Waals surface area contributed by atoms with Crippen molar-refractivity contribution in [3.63, 3.8) is 0 Å². The number of aromatic nitrogens is 2. The minimum absolute atomic E-state index is 0.189. The van der Waals surface area contributed by atoms with E-state index in [0.717, 1.165) is 29.8 Å². The third-order valence-corrected chi connectivity index (χ3v) is 5.93. The zero-order valence-electron chi connectivity index (χ0n) is 12.5. The van der Waals surface area contributed by atoms with Crippen LogP contribution in [0.15, 0.2) is 12.1 Å². The molecule has 0 amide bonds. The Morgan fingerprint density at radius 3 is 2.95 bits per heavy atom. The van der Waals surface area contributed by atoms with E-state index in [9.17, 15) is 4.39 Å². The van der Waals surface area contributed by atoms with Crippen LogP contribution in [0.25, 0.3) is 11.0 Å². The fourth-order valence-corrected chi connectivity index (χ4v) is 4.51. The smallest absolute Gasteiger partial charge is 0.128 e. The molecule has 2 nitrogen and oxygen atoms in total. The molecule has 1 aliphatic heterocycles. The molecule has 1 saturated heterocycles. The molecular formula is C16H20ClFN2S. The minimum atomic E-state index is -0.189. The van der Waals surface area contributed by atoms with Crippen molar-refractivity contribution in [2.45, 2.75) is 44.4 Å². The monoisotopic (exact) mass is 326 g/mol. The van der Waals surface area contributed by atoms with Gasteiger partial charge in [0, 0.05) is 29.7 Å². The Morgan fingerprint density at radius 1 is 1.48 bits per heavy atom. The van der Waals surface area contributed by atoms with Gasteiger partial charge in [-0.05, 0) is 44.1 Å². The molecule has 2 aromatic rings. The Labute approximate surface area is 134 Å². The summed E-state index contributed by atoms with van der Waals surface area (Å²) in [4.78, 5) is 4.61. The van der Waals surface area contributed by atoms with Crippen molar-refractivity contribution in [3.8, 4) is 0 Å². The highest BCUT2D eigenvalue weighted by molar-refractivity contribution is 8.00. The molecule has 0 bridgehead atoms. The van der Waals surface area contributed by atoms with Crippen LogP contribution in [-0.4, -0.2) is 25.9 Å². The molecule has 114 valence electrons. The van der Waals surface area contributed by atoms with Crippen LogP contribution in [-0.2, 0) is 13.0 Å². The van der Waals surface area contributed by atoms with Crippen LogP contribution in [0.4, 0.5) is 4.39 Å². The summed E-state index contributed by atoms with van der Waals surface area (Å²) in [7, 11) is 0. The molecule has 0 N–H and O–H groups in total. The molecule has 5 heteroatoms. The van der Waals surface area contributed by atoms with Crippen LogP contribution in [0.5, 0.6) is 0 Å². The van der Waals surface area contributed by atoms with Crippen molar-refractivity contribution in [3.05, 3.63) is 29.3 Å². The lowest BCUT2D eigenvalue weighted by Gasteiger charge is -2.24. The number of hydrogen-bond donors (Lipinski definition) is 0. The number of fused-ring (bicyclic) bond motifs is 1. The molecule has 3 rings (SSSR count). The van der Waals surface area contributed by atoms with Gasteiger partial charge >= 0.3 is 0 Å². The van der Waals surface area contributed by atoms with E-state index in [1.165, 1.54) is 18.6 Å². The first kappa shape index (κ1) is 15.2. The van der Waals surface area contributed by atoms with Crippen LogP contribution < -0.4 is 0 Å². The molecule has 1 atom stereocenters. The number of aryl methyl sites for hydroxylation is 2. The summed E-state index contributed by atoms with van der Waals surface area (Å²) < 4.78 is 16.3. The molecule has 21 heavy (non-hydrogen) atoms. The van der Waals surface area contributed by atoms with Gasteiger partial charge < -0.3 is 4.57 Å². The molecule has 1 aromatic heterocycles. The predicted octanol–water partition coefficient (Wildman–Crippen LogP) is 4.55. The molecule has 1 aliphatic rings. The third-order valence-electron chi connectivity index (χ3n) is 4.22. The lowest BCUT2D eigenvalue weighted by atomic mass is 10.1. The lowest BCUT2D eigenvalue weighted by Crippen LogP contribution is -2.25. The predicted molar refractivity (Wildman–Crippen MR) is 88.9 cm³/mol. The fourth-order valence-electron chi connectivity index (χ4n) is 3.05. The highest BCUT2D eigenvalue weighted by Crippen LogP contribution is 2.40. The van der Waals surface area contributed by atoms with Crippen molar-refractivity contribution in [1.29, 1.82) is 0 Å². The lowest BCUT2D eigenvalue weighted by molar-refractivity contribution is 0.507. The summed E-state index contributed by atoms with van der Waals surface area (Å²) in [6.45, 7) is 5.04. The van der Waals surface area contributed by atoms with Gasteiger partial charge in [-0.2, -0.15) is 11.8 Å². The Kier molecular flexibility index (Phi) is 4.19. The van der Waals surface area contributed by atoms with Gasteiger partial charge in [0.1, 0.15) is 11.6 Å². The molecule has 0 spiro atoms. The average molecular weight is 327 g/mol. The first-order valence-corrected chi connectivity index (χ1v) is 8.90. The van der Waals surface area contributed by atoms with E-state index in [1.54, 1.807) is 13.0 Å². The average Bonchev–Trinajstić information content (AvgIpc) is 2.98. The van der Waals surface area contributed by atoms with Gasteiger partial charge in [-0.25, -0.2) is 9.37 Å². The van der Waals surface area contributed by atoms with Crippen molar-refractivity contribution < 1.29 is 4.39 Å². The third kappa shape index (κ3) is 2.93. The van der Waals surface area contributed by atoms with Crippen molar-refractivity contribution >= 4 is 34.4 Å². The Balaban J connectivity index is 2.08. The molecule has 1 aromatic carbocycles. The maximum atomic E-state index is 13.8. The van der Waals surface area contributed by atoms with Gasteiger partial charge in [-0.15, -0.1) is 11.6 Å². The first-order chi connectivity index (χ1) is 10.0. The number of halogens is 2. The van der Waals surface area contributed by atoms with Crippen molar-refractivity contribution in [1.82, 2.24) is 9.55 Å². The SMILES string of the molecule is Cc1cc2c(cc1F)nc(CCCl)n2CC1(C)CCCS1. The normalized spacial score (nSPS) is 22.3. The van der Waals surface area contributed by atoms with E-state index in [-0.39, 0.29) is 10.6 Å². The van der Waals surface area contributed by atoms with Crippen molar-refractivity contribution in [2.24, 2.45) is 0 Å². The van der Waals surface area contributed by atoms with Crippen molar-refractivity contribution in [2.75, 3.05) is 11.6 Å². The van der Waals surface area contributed by atoms with Crippen LogP contribution in [0.1, 0.15) is 31.2 Å². The van der Waals surface area contributed by atoms with E-state index >= 15 is 0 Å². The zero-order chi connectivity index (χ0) is 15.0. The molecule has 1 unspecified atom stereocenters. The highest BCUT2D eigenvalue weighted by Gasteiger charge is 2.31.